The van der Waals surface area contributed by atoms with Crippen molar-refractivity contribution in [2.24, 2.45) is 4.99 Å². The number of benzene rings is 1. The van der Waals surface area contributed by atoms with Crippen LogP contribution in [-0.2, 0) is 11.3 Å². The molecule has 2 aromatic rings. The second-order valence-corrected chi connectivity index (χ2v) is 9.01. The molecule has 0 radical (unpaired) electrons. The third kappa shape index (κ3) is 10.3. The first-order valence-electron chi connectivity index (χ1n) is 10.7. The van der Waals surface area contributed by atoms with Crippen molar-refractivity contribution >= 4 is 36.0 Å². The highest BCUT2D eigenvalue weighted by Gasteiger charge is 2.24. The minimum Gasteiger partial charge on any atom is -0.497 e. The molecule has 0 saturated heterocycles. The van der Waals surface area contributed by atoms with Gasteiger partial charge >= 0.3 is 6.09 Å². The van der Waals surface area contributed by atoms with Crippen LogP contribution in [0.25, 0.3) is 5.69 Å². The van der Waals surface area contributed by atoms with Crippen molar-refractivity contribution in [1.82, 2.24) is 25.7 Å². The van der Waals surface area contributed by atoms with Crippen LogP contribution < -0.4 is 20.7 Å². The van der Waals surface area contributed by atoms with E-state index in [1.54, 1.807) is 11.8 Å². The number of carbonyl (C=O) groups excluding carboxylic acids is 1. The normalized spacial score (nSPS) is 11.9. The van der Waals surface area contributed by atoms with Crippen LogP contribution in [0.3, 0.4) is 0 Å². The van der Waals surface area contributed by atoms with Gasteiger partial charge in [0.05, 0.1) is 30.6 Å². The predicted molar refractivity (Wildman–Crippen MR) is 142 cm³/mol. The topological polar surface area (TPSA) is 102 Å². The number of halogens is 1. The maximum Gasteiger partial charge on any atom is 0.408 e. The highest BCUT2D eigenvalue weighted by atomic mass is 127. The van der Waals surface area contributed by atoms with Gasteiger partial charge in [0.2, 0.25) is 0 Å². The van der Waals surface area contributed by atoms with E-state index in [0.29, 0.717) is 25.6 Å². The van der Waals surface area contributed by atoms with Gasteiger partial charge in [-0.2, -0.15) is 5.10 Å². The van der Waals surface area contributed by atoms with E-state index in [0.717, 1.165) is 17.1 Å². The summed E-state index contributed by atoms with van der Waals surface area (Å²) in [5.74, 6) is 1.45. The van der Waals surface area contributed by atoms with E-state index >= 15 is 0 Å². The summed E-state index contributed by atoms with van der Waals surface area (Å²) in [5.41, 5.74) is 0.707. The molecule has 1 aromatic carbocycles. The van der Waals surface area contributed by atoms with Gasteiger partial charge in [-0.1, -0.05) is 0 Å². The fourth-order valence-corrected chi connectivity index (χ4v) is 2.76. The number of nitrogens with zero attached hydrogens (tertiary/aromatic N) is 3. The van der Waals surface area contributed by atoms with E-state index in [-0.39, 0.29) is 24.0 Å². The van der Waals surface area contributed by atoms with Gasteiger partial charge in [0.25, 0.3) is 0 Å². The molecule has 0 unspecified atom stereocenters. The SMILES string of the molecule is CCNC(=NCc1ccn(-c2ccc(OC)cc2)n1)NCC(C)(C)NC(=O)OC(C)(C)C.I. The largest absolute Gasteiger partial charge is 0.497 e. The lowest BCUT2D eigenvalue weighted by Gasteiger charge is -2.29. The molecule has 33 heavy (non-hydrogen) atoms. The Morgan fingerprint density at radius 1 is 1.09 bits per heavy atom. The van der Waals surface area contributed by atoms with Crippen LogP contribution >= 0.6 is 24.0 Å². The number of rotatable bonds is 8. The van der Waals surface area contributed by atoms with E-state index < -0.39 is 17.2 Å². The van der Waals surface area contributed by atoms with Crippen LogP contribution in [0.1, 0.15) is 47.2 Å². The van der Waals surface area contributed by atoms with Gasteiger partial charge in [-0.15, -0.1) is 24.0 Å². The van der Waals surface area contributed by atoms with Crippen LogP contribution in [0.2, 0.25) is 0 Å². The third-order valence-corrected chi connectivity index (χ3v) is 4.26. The first kappa shape index (κ1) is 28.5. The van der Waals surface area contributed by atoms with Gasteiger partial charge in [0, 0.05) is 19.3 Å². The molecule has 0 aliphatic carbocycles. The van der Waals surface area contributed by atoms with Crippen molar-refractivity contribution < 1.29 is 14.3 Å². The second-order valence-electron chi connectivity index (χ2n) is 9.01. The lowest BCUT2D eigenvalue weighted by Crippen LogP contribution is -2.54. The number of ether oxygens (including phenoxy) is 2. The summed E-state index contributed by atoms with van der Waals surface area (Å²) in [6, 6.07) is 9.63. The Hall–Kier alpha value is -2.50. The fourth-order valence-electron chi connectivity index (χ4n) is 2.76. The molecule has 0 bridgehead atoms. The molecule has 1 amide bonds. The Bertz CT molecular complexity index is 904. The van der Waals surface area contributed by atoms with Crippen molar-refractivity contribution in [2.45, 2.75) is 59.2 Å². The number of carbonyl (C=O) groups is 1. The van der Waals surface area contributed by atoms with Gasteiger partial charge in [0.15, 0.2) is 5.96 Å². The summed E-state index contributed by atoms with van der Waals surface area (Å²) in [6.07, 6.45) is 1.45. The quantitative estimate of drug-likeness (QED) is 0.253. The fraction of sp³-hybridized carbons (Fsp3) is 0.522. The summed E-state index contributed by atoms with van der Waals surface area (Å²) in [6.45, 7) is 13.0. The summed E-state index contributed by atoms with van der Waals surface area (Å²) in [4.78, 5) is 16.7. The predicted octanol–water partition coefficient (Wildman–Crippen LogP) is 3.86. The molecule has 0 saturated carbocycles. The second kappa shape index (κ2) is 12.7. The van der Waals surface area contributed by atoms with Crippen LogP contribution in [0, 0.1) is 0 Å². The summed E-state index contributed by atoms with van der Waals surface area (Å²) in [5, 5.41) is 14.0. The van der Waals surface area contributed by atoms with Crippen LogP contribution in [-0.4, -0.2) is 53.2 Å². The molecule has 10 heteroatoms. The molecule has 3 N–H and O–H groups in total. The number of guanidine groups is 1. The number of aromatic nitrogens is 2. The van der Waals surface area contributed by atoms with Gasteiger partial charge < -0.3 is 25.4 Å². The molecule has 2 rings (SSSR count). The smallest absolute Gasteiger partial charge is 0.408 e. The average Bonchev–Trinajstić information content (AvgIpc) is 3.17. The summed E-state index contributed by atoms with van der Waals surface area (Å²) < 4.78 is 12.3. The maximum atomic E-state index is 12.1. The van der Waals surface area contributed by atoms with Crippen molar-refractivity contribution in [2.75, 3.05) is 20.2 Å². The van der Waals surface area contributed by atoms with Crippen molar-refractivity contribution in [3.05, 3.63) is 42.2 Å². The van der Waals surface area contributed by atoms with Crippen molar-refractivity contribution in [3.8, 4) is 11.4 Å². The zero-order valence-electron chi connectivity index (χ0n) is 20.6. The number of aliphatic imine (C=N–C) groups is 1. The van der Waals surface area contributed by atoms with Crippen molar-refractivity contribution in [1.29, 1.82) is 0 Å². The number of nitrogens with one attached hydrogen (secondary N) is 3. The molecule has 0 spiro atoms. The number of hydrogen-bond donors (Lipinski definition) is 3. The number of alkyl carbamates (subject to hydrolysis) is 1. The van der Waals surface area contributed by atoms with E-state index in [2.05, 4.69) is 26.0 Å². The minimum atomic E-state index is -0.542. The Kier molecular flexibility index (Phi) is 10.9. The zero-order valence-corrected chi connectivity index (χ0v) is 22.9. The highest BCUT2D eigenvalue weighted by Crippen LogP contribution is 2.15. The Morgan fingerprint density at radius 3 is 2.33 bits per heavy atom. The molecule has 9 nitrogen and oxygen atoms in total. The Balaban J connectivity index is 0.00000544. The lowest BCUT2D eigenvalue weighted by atomic mass is 10.1. The first-order valence-corrected chi connectivity index (χ1v) is 10.7. The highest BCUT2D eigenvalue weighted by molar-refractivity contribution is 14.0. The number of hydrogen-bond acceptors (Lipinski definition) is 5. The zero-order chi connectivity index (χ0) is 23.8. The molecule has 0 aliphatic heterocycles. The molecular weight excluding hydrogens is 535 g/mol. The van der Waals surface area contributed by atoms with Crippen molar-refractivity contribution in [3.63, 3.8) is 0 Å². The molecule has 1 aromatic heterocycles. The van der Waals surface area contributed by atoms with Crippen LogP contribution in [0.15, 0.2) is 41.5 Å². The van der Waals surface area contributed by atoms with Crippen LogP contribution in [0.4, 0.5) is 4.79 Å². The Morgan fingerprint density at radius 2 is 1.76 bits per heavy atom. The monoisotopic (exact) mass is 572 g/mol. The molecule has 0 fully saturated rings. The first-order chi connectivity index (χ1) is 15.0. The van der Waals surface area contributed by atoms with E-state index in [1.807, 2.05) is 78.1 Å². The van der Waals surface area contributed by atoms with Gasteiger partial charge in [-0.3, -0.25) is 0 Å². The maximum absolute atomic E-state index is 12.1. The third-order valence-electron chi connectivity index (χ3n) is 4.26. The van der Waals surface area contributed by atoms with Gasteiger partial charge in [-0.05, 0) is 71.9 Å². The molecule has 1 heterocycles. The van der Waals surface area contributed by atoms with Gasteiger partial charge in [-0.25, -0.2) is 14.5 Å². The van der Waals surface area contributed by atoms with Gasteiger partial charge in [0.1, 0.15) is 11.4 Å². The minimum absolute atomic E-state index is 0. The summed E-state index contributed by atoms with van der Waals surface area (Å²) in [7, 11) is 1.64. The lowest BCUT2D eigenvalue weighted by molar-refractivity contribution is 0.0474. The molecular formula is C23H37IN6O3. The van der Waals surface area contributed by atoms with E-state index in [1.165, 1.54) is 0 Å². The molecule has 184 valence electrons. The van der Waals surface area contributed by atoms with E-state index in [4.69, 9.17) is 9.47 Å². The Labute approximate surface area is 213 Å². The standard InChI is InChI=1S/C23H36N6O3.HI/c1-8-24-20(26-16-23(5,6)27-21(30)32-22(2,3)4)25-15-17-13-14-29(28-17)18-9-11-19(31-7)12-10-18;/h9-14H,8,15-16H2,1-7H3,(H,27,30)(H2,24,25,26);1H. The van der Waals surface area contributed by atoms with E-state index in [9.17, 15) is 4.79 Å². The average molecular weight is 572 g/mol. The summed E-state index contributed by atoms with van der Waals surface area (Å²) >= 11 is 0. The number of methoxy groups -OCH3 is 1. The van der Waals surface area contributed by atoms with Crippen LogP contribution in [0.5, 0.6) is 5.75 Å². The number of amides is 1. The molecule has 0 aliphatic rings. The molecule has 0 atom stereocenters.